The van der Waals surface area contributed by atoms with Crippen LogP contribution < -0.4 is 5.73 Å². The van der Waals surface area contributed by atoms with Gasteiger partial charge in [-0.1, -0.05) is 13.8 Å². The number of hydrogen-bond donors (Lipinski definition) is 1. The Bertz CT molecular complexity index is 334. The average molecular weight is 239 g/mol. The number of methoxy groups -OCH3 is 1. The number of nitrogens with two attached hydrogens (primary N) is 1. The number of rotatable bonds is 8. The lowest BCUT2D eigenvalue weighted by atomic mass is 10.1. The summed E-state index contributed by atoms with van der Waals surface area (Å²) >= 11 is 0. The number of aromatic nitrogens is 2. The minimum Gasteiger partial charge on any atom is -0.385 e. The molecule has 98 valence electrons. The highest BCUT2D eigenvalue weighted by molar-refractivity contribution is 5.27. The third-order valence-electron chi connectivity index (χ3n) is 3.03. The molecule has 0 aliphatic rings. The van der Waals surface area contributed by atoms with E-state index in [0.717, 1.165) is 38.8 Å². The maximum atomic E-state index is 5.68. The van der Waals surface area contributed by atoms with Gasteiger partial charge >= 0.3 is 0 Å². The average Bonchev–Trinajstić information content (AvgIpc) is 2.67. The van der Waals surface area contributed by atoms with Crippen LogP contribution in [-0.2, 0) is 30.5 Å². The van der Waals surface area contributed by atoms with Gasteiger partial charge in [-0.3, -0.25) is 4.68 Å². The molecule has 0 spiro atoms. The summed E-state index contributed by atoms with van der Waals surface area (Å²) in [4.78, 5) is 0. The van der Waals surface area contributed by atoms with Crippen molar-refractivity contribution in [1.82, 2.24) is 9.78 Å². The number of ether oxygens (including phenoxy) is 1. The zero-order chi connectivity index (χ0) is 12.7. The monoisotopic (exact) mass is 239 g/mol. The van der Waals surface area contributed by atoms with Crippen molar-refractivity contribution in [3.8, 4) is 0 Å². The molecule has 17 heavy (non-hydrogen) atoms. The molecule has 0 bridgehead atoms. The summed E-state index contributed by atoms with van der Waals surface area (Å²) in [6, 6.07) is 0. The topological polar surface area (TPSA) is 53.1 Å². The molecule has 0 fully saturated rings. The summed E-state index contributed by atoms with van der Waals surface area (Å²) in [6.07, 6.45) is 3.96. The number of hydrogen-bond acceptors (Lipinski definition) is 3. The van der Waals surface area contributed by atoms with Crippen LogP contribution in [-0.4, -0.2) is 30.0 Å². The van der Waals surface area contributed by atoms with Gasteiger partial charge in [0.2, 0.25) is 0 Å². The highest BCUT2D eigenvalue weighted by Crippen LogP contribution is 2.17. The fourth-order valence-corrected chi connectivity index (χ4v) is 2.25. The zero-order valence-electron chi connectivity index (χ0n) is 11.3. The molecule has 1 aromatic heterocycles. The highest BCUT2D eigenvalue weighted by Gasteiger charge is 2.14. The molecule has 1 heterocycles. The van der Waals surface area contributed by atoms with Crippen molar-refractivity contribution in [2.24, 2.45) is 5.73 Å². The van der Waals surface area contributed by atoms with Crippen LogP contribution in [0.2, 0.25) is 0 Å². The lowest BCUT2D eigenvalue weighted by Crippen LogP contribution is -2.09. The predicted octanol–water partition coefficient (Wildman–Crippen LogP) is 1.55. The van der Waals surface area contributed by atoms with Crippen molar-refractivity contribution >= 4 is 0 Å². The van der Waals surface area contributed by atoms with Gasteiger partial charge in [0, 0.05) is 26.0 Å². The maximum Gasteiger partial charge on any atom is 0.0657 e. The SMILES string of the molecule is CCc1nn(CCCOC)c(CC)c1CCN. The smallest absolute Gasteiger partial charge is 0.0657 e. The van der Waals surface area contributed by atoms with Crippen LogP contribution in [0.1, 0.15) is 37.2 Å². The third-order valence-corrected chi connectivity index (χ3v) is 3.03. The molecule has 1 aromatic rings. The number of aryl methyl sites for hydroxylation is 2. The van der Waals surface area contributed by atoms with Crippen LogP contribution in [0.15, 0.2) is 0 Å². The summed E-state index contributed by atoms with van der Waals surface area (Å²) < 4.78 is 7.23. The third kappa shape index (κ3) is 3.54. The Hall–Kier alpha value is -0.870. The van der Waals surface area contributed by atoms with Gasteiger partial charge in [0.15, 0.2) is 0 Å². The molecule has 0 aliphatic heterocycles. The van der Waals surface area contributed by atoms with Gasteiger partial charge in [0.1, 0.15) is 0 Å². The first-order valence-electron chi connectivity index (χ1n) is 6.54. The molecule has 0 radical (unpaired) electrons. The van der Waals surface area contributed by atoms with Gasteiger partial charge in [-0.05, 0) is 37.8 Å². The van der Waals surface area contributed by atoms with Crippen molar-refractivity contribution in [2.45, 2.75) is 46.1 Å². The van der Waals surface area contributed by atoms with Crippen LogP contribution >= 0.6 is 0 Å². The van der Waals surface area contributed by atoms with Crippen LogP contribution in [0.4, 0.5) is 0 Å². The first-order chi connectivity index (χ1) is 8.28. The van der Waals surface area contributed by atoms with Gasteiger partial charge in [-0.15, -0.1) is 0 Å². The normalized spacial score (nSPS) is 11.1. The second kappa shape index (κ2) is 7.45. The molecular weight excluding hydrogens is 214 g/mol. The maximum absolute atomic E-state index is 5.68. The van der Waals surface area contributed by atoms with E-state index in [0.29, 0.717) is 6.54 Å². The van der Waals surface area contributed by atoms with Crippen molar-refractivity contribution in [2.75, 3.05) is 20.3 Å². The van der Waals surface area contributed by atoms with Crippen molar-refractivity contribution in [3.05, 3.63) is 17.0 Å². The van der Waals surface area contributed by atoms with Gasteiger partial charge in [0.25, 0.3) is 0 Å². The summed E-state index contributed by atoms with van der Waals surface area (Å²) in [5, 5.41) is 4.70. The molecule has 0 aliphatic carbocycles. The zero-order valence-corrected chi connectivity index (χ0v) is 11.3. The van der Waals surface area contributed by atoms with Gasteiger partial charge < -0.3 is 10.5 Å². The summed E-state index contributed by atoms with van der Waals surface area (Å²) in [6.45, 7) is 6.76. The largest absolute Gasteiger partial charge is 0.385 e. The van der Waals surface area contributed by atoms with E-state index >= 15 is 0 Å². The Morgan fingerprint density at radius 3 is 2.59 bits per heavy atom. The van der Waals surface area contributed by atoms with Crippen molar-refractivity contribution in [1.29, 1.82) is 0 Å². The van der Waals surface area contributed by atoms with E-state index in [1.807, 2.05) is 0 Å². The molecule has 4 heteroatoms. The Labute approximate surface area is 104 Å². The van der Waals surface area contributed by atoms with E-state index in [9.17, 15) is 0 Å². The van der Waals surface area contributed by atoms with Crippen LogP contribution in [0.3, 0.4) is 0 Å². The Morgan fingerprint density at radius 1 is 1.29 bits per heavy atom. The van der Waals surface area contributed by atoms with Gasteiger partial charge in [-0.2, -0.15) is 5.10 Å². The summed E-state index contributed by atoms with van der Waals surface area (Å²) in [7, 11) is 1.74. The first-order valence-corrected chi connectivity index (χ1v) is 6.54. The molecule has 4 nitrogen and oxygen atoms in total. The molecule has 0 amide bonds. The minimum atomic E-state index is 0.698. The fourth-order valence-electron chi connectivity index (χ4n) is 2.25. The molecule has 0 saturated carbocycles. The second-order valence-corrected chi connectivity index (χ2v) is 4.19. The molecule has 0 unspecified atom stereocenters. The Balaban J connectivity index is 2.87. The standard InChI is InChI=1S/C13H25N3O/c1-4-12-11(7-8-14)13(5-2)16(15-12)9-6-10-17-3/h4-10,14H2,1-3H3. The molecule has 1 rings (SSSR count). The number of nitrogens with zero attached hydrogens (tertiary/aromatic N) is 2. The van der Waals surface area contributed by atoms with Crippen LogP contribution in [0.5, 0.6) is 0 Å². The molecule has 2 N–H and O–H groups in total. The Morgan fingerprint density at radius 2 is 2.06 bits per heavy atom. The van der Waals surface area contributed by atoms with Crippen molar-refractivity contribution < 1.29 is 4.74 Å². The van der Waals surface area contributed by atoms with E-state index in [2.05, 4.69) is 18.5 Å². The first kappa shape index (κ1) is 14.2. The summed E-state index contributed by atoms with van der Waals surface area (Å²) in [5.41, 5.74) is 9.61. The van der Waals surface area contributed by atoms with Gasteiger partial charge in [-0.25, -0.2) is 0 Å². The van der Waals surface area contributed by atoms with E-state index in [4.69, 9.17) is 15.6 Å². The predicted molar refractivity (Wildman–Crippen MR) is 70.2 cm³/mol. The summed E-state index contributed by atoms with van der Waals surface area (Å²) in [5.74, 6) is 0. The van der Waals surface area contributed by atoms with Gasteiger partial charge in [0.05, 0.1) is 5.69 Å². The highest BCUT2D eigenvalue weighted by atomic mass is 16.5. The minimum absolute atomic E-state index is 0.698. The second-order valence-electron chi connectivity index (χ2n) is 4.19. The fraction of sp³-hybridized carbons (Fsp3) is 0.769. The van der Waals surface area contributed by atoms with E-state index in [1.165, 1.54) is 17.0 Å². The van der Waals surface area contributed by atoms with Crippen LogP contribution in [0.25, 0.3) is 0 Å². The lowest BCUT2D eigenvalue weighted by Gasteiger charge is -2.07. The lowest BCUT2D eigenvalue weighted by molar-refractivity contribution is 0.188. The van der Waals surface area contributed by atoms with E-state index in [-0.39, 0.29) is 0 Å². The quantitative estimate of drug-likeness (QED) is 0.700. The van der Waals surface area contributed by atoms with E-state index in [1.54, 1.807) is 7.11 Å². The van der Waals surface area contributed by atoms with Crippen molar-refractivity contribution in [3.63, 3.8) is 0 Å². The molecular formula is C13H25N3O. The Kier molecular flexibility index (Phi) is 6.22. The van der Waals surface area contributed by atoms with E-state index < -0.39 is 0 Å². The molecule has 0 saturated heterocycles. The molecule has 0 aromatic carbocycles. The van der Waals surface area contributed by atoms with Crippen LogP contribution in [0, 0.1) is 0 Å². The molecule has 0 atom stereocenters.